The van der Waals surface area contributed by atoms with Crippen LogP contribution in [0.15, 0.2) is 42.5 Å². The first-order valence-corrected chi connectivity index (χ1v) is 9.91. The van der Waals surface area contributed by atoms with Gasteiger partial charge in [0.1, 0.15) is 12.4 Å². The second-order valence-electron chi connectivity index (χ2n) is 7.46. The summed E-state index contributed by atoms with van der Waals surface area (Å²) in [7, 11) is 0. The molecular formula is C23H30N2O2. The number of amides is 1. The molecule has 1 aliphatic heterocycles. The third kappa shape index (κ3) is 6.10. The molecule has 0 saturated carbocycles. The van der Waals surface area contributed by atoms with Crippen molar-refractivity contribution in [1.29, 1.82) is 0 Å². The van der Waals surface area contributed by atoms with E-state index in [0.29, 0.717) is 18.7 Å². The molecule has 0 aliphatic carbocycles. The predicted molar refractivity (Wildman–Crippen MR) is 109 cm³/mol. The van der Waals surface area contributed by atoms with Crippen LogP contribution in [0.4, 0.5) is 0 Å². The number of carbonyl (C=O) groups is 1. The van der Waals surface area contributed by atoms with E-state index in [1.165, 1.54) is 49.0 Å². The van der Waals surface area contributed by atoms with E-state index in [4.69, 9.17) is 4.74 Å². The number of rotatable bonds is 7. The van der Waals surface area contributed by atoms with Crippen molar-refractivity contribution in [3.63, 3.8) is 0 Å². The number of nitrogens with one attached hydrogen (secondary N) is 1. The highest BCUT2D eigenvalue weighted by Crippen LogP contribution is 2.16. The Balaban J connectivity index is 1.42. The van der Waals surface area contributed by atoms with E-state index in [2.05, 4.69) is 42.3 Å². The van der Waals surface area contributed by atoms with Crippen LogP contribution in [-0.2, 0) is 6.54 Å². The quantitative estimate of drug-likeness (QED) is 0.750. The Morgan fingerprint density at radius 2 is 1.67 bits per heavy atom. The Kier molecular flexibility index (Phi) is 6.88. The van der Waals surface area contributed by atoms with E-state index < -0.39 is 0 Å². The highest BCUT2D eigenvalue weighted by atomic mass is 16.5. The van der Waals surface area contributed by atoms with Crippen molar-refractivity contribution in [2.24, 2.45) is 0 Å². The standard InChI is InChI=1S/C23H30N2O2/c1-18-14-19(2)16-22(15-18)27-13-10-24-23(26)21-8-6-20(7-9-21)17-25-11-4-3-5-12-25/h6-9,14-16H,3-5,10-13,17H2,1-2H3,(H,24,26). The van der Waals surface area contributed by atoms with Gasteiger partial charge in [-0.2, -0.15) is 0 Å². The van der Waals surface area contributed by atoms with Crippen LogP contribution in [0.1, 0.15) is 46.3 Å². The van der Waals surface area contributed by atoms with Crippen LogP contribution in [0, 0.1) is 13.8 Å². The van der Waals surface area contributed by atoms with Crippen LogP contribution >= 0.6 is 0 Å². The largest absolute Gasteiger partial charge is 0.492 e. The van der Waals surface area contributed by atoms with Crippen molar-refractivity contribution >= 4 is 5.91 Å². The van der Waals surface area contributed by atoms with Crippen LogP contribution in [0.5, 0.6) is 5.75 Å². The van der Waals surface area contributed by atoms with Gasteiger partial charge in [-0.3, -0.25) is 9.69 Å². The van der Waals surface area contributed by atoms with Crippen LogP contribution in [0.2, 0.25) is 0 Å². The Hall–Kier alpha value is -2.33. The van der Waals surface area contributed by atoms with Gasteiger partial charge >= 0.3 is 0 Å². The Labute approximate surface area is 162 Å². The monoisotopic (exact) mass is 366 g/mol. The summed E-state index contributed by atoms with van der Waals surface area (Å²) in [6.45, 7) is 8.40. The molecule has 0 radical (unpaired) electrons. The van der Waals surface area contributed by atoms with Gasteiger partial charge < -0.3 is 10.1 Å². The molecule has 1 heterocycles. The van der Waals surface area contributed by atoms with Gasteiger partial charge in [-0.25, -0.2) is 0 Å². The number of benzene rings is 2. The Bertz CT molecular complexity index is 729. The summed E-state index contributed by atoms with van der Waals surface area (Å²) in [5.74, 6) is 0.798. The summed E-state index contributed by atoms with van der Waals surface area (Å²) in [5.41, 5.74) is 4.33. The summed E-state index contributed by atoms with van der Waals surface area (Å²) in [6, 6.07) is 14.1. The molecular weight excluding hydrogens is 336 g/mol. The van der Waals surface area contributed by atoms with Crippen LogP contribution in [0.3, 0.4) is 0 Å². The van der Waals surface area contributed by atoms with E-state index in [1.54, 1.807) is 0 Å². The summed E-state index contributed by atoms with van der Waals surface area (Å²) in [5, 5.41) is 2.92. The average Bonchev–Trinajstić information content (AvgIpc) is 2.66. The molecule has 1 N–H and O–H groups in total. The molecule has 4 heteroatoms. The second-order valence-corrected chi connectivity index (χ2v) is 7.46. The lowest BCUT2D eigenvalue weighted by atomic mass is 10.1. The molecule has 3 rings (SSSR count). The molecule has 27 heavy (non-hydrogen) atoms. The molecule has 0 unspecified atom stereocenters. The third-order valence-electron chi connectivity index (χ3n) is 4.92. The first kappa shape index (κ1) is 19.4. The molecule has 0 aromatic heterocycles. The van der Waals surface area contributed by atoms with Gasteiger partial charge in [-0.05, 0) is 80.7 Å². The van der Waals surface area contributed by atoms with Gasteiger partial charge in [-0.15, -0.1) is 0 Å². The smallest absolute Gasteiger partial charge is 0.251 e. The maximum atomic E-state index is 12.3. The van der Waals surface area contributed by atoms with Crippen LogP contribution in [0.25, 0.3) is 0 Å². The van der Waals surface area contributed by atoms with E-state index in [9.17, 15) is 4.79 Å². The maximum absolute atomic E-state index is 12.3. The molecule has 2 aromatic carbocycles. The zero-order chi connectivity index (χ0) is 19.1. The summed E-state index contributed by atoms with van der Waals surface area (Å²) in [4.78, 5) is 14.8. The highest BCUT2D eigenvalue weighted by Gasteiger charge is 2.11. The number of nitrogens with zero attached hydrogens (tertiary/aromatic N) is 1. The number of ether oxygens (including phenoxy) is 1. The number of hydrogen-bond acceptors (Lipinski definition) is 3. The van der Waals surface area contributed by atoms with Crippen molar-refractivity contribution in [3.8, 4) is 5.75 Å². The van der Waals surface area contributed by atoms with Crippen molar-refractivity contribution in [2.45, 2.75) is 39.7 Å². The zero-order valence-corrected chi connectivity index (χ0v) is 16.5. The van der Waals surface area contributed by atoms with E-state index in [-0.39, 0.29) is 5.91 Å². The van der Waals surface area contributed by atoms with E-state index >= 15 is 0 Å². The summed E-state index contributed by atoms with van der Waals surface area (Å²) in [6.07, 6.45) is 3.94. The minimum atomic E-state index is -0.0523. The second kappa shape index (κ2) is 9.56. The fourth-order valence-electron chi connectivity index (χ4n) is 3.59. The number of piperidine rings is 1. The Morgan fingerprint density at radius 3 is 2.33 bits per heavy atom. The maximum Gasteiger partial charge on any atom is 0.251 e. The third-order valence-corrected chi connectivity index (χ3v) is 4.92. The summed E-state index contributed by atoms with van der Waals surface area (Å²) >= 11 is 0. The van der Waals surface area contributed by atoms with Crippen molar-refractivity contribution < 1.29 is 9.53 Å². The van der Waals surface area contributed by atoms with Gasteiger partial charge in [0.05, 0.1) is 6.54 Å². The van der Waals surface area contributed by atoms with Crippen molar-refractivity contribution in [2.75, 3.05) is 26.2 Å². The first-order valence-electron chi connectivity index (χ1n) is 9.91. The number of hydrogen-bond donors (Lipinski definition) is 1. The first-order chi connectivity index (χ1) is 13.1. The molecule has 0 spiro atoms. The predicted octanol–water partition coefficient (Wildman–Crippen LogP) is 4.10. The van der Waals surface area contributed by atoms with Gasteiger partial charge in [0.2, 0.25) is 0 Å². The normalized spacial score (nSPS) is 14.7. The molecule has 2 aromatic rings. The molecule has 0 bridgehead atoms. The van der Waals surface area contributed by atoms with Gasteiger partial charge in [-0.1, -0.05) is 24.6 Å². The van der Waals surface area contributed by atoms with Crippen molar-refractivity contribution in [3.05, 3.63) is 64.7 Å². The molecule has 1 fully saturated rings. The van der Waals surface area contributed by atoms with Gasteiger partial charge in [0.15, 0.2) is 0 Å². The van der Waals surface area contributed by atoms with Crippen LogP contribution in [-0.4, -0.2) is 37.0 Å². The summed E-state index contributed by atoms with van der Waals surface area (Å²) < 4.78 is 5.74. The minimum Gasteiger partial charge on any atom is -0.492 e. The topological polar surface area (TPSA) is 41.6 Å². The van der Waals surface area contributed by atoms with Crippen LogP contribution < -0.4 is 10.1 Å². The molecule has 1 aliphatic rings. The number of aryl methyl sites for hydroxylation is 2. The highest BCUT2D eigenvalue weighted by molar-refractivity contribution is 5.94. The lowest BCUT2D eigenvalue weighted by molar-refractivity contribution is 0.0947. The zero-order valence-electron chi connectivity index (χ0n) is 16.5. The lowest BCUT2D eigenvalue weighted by Crippen LogP contribution is -2.29. The molecule has 4 nitrogen and oxygen atoms in total. The SMILES string of the molecule is Cc1cc(C)cc(OCCNC(=O)c2ccc(CN3CCCCC3)cc2)c1. The molecule has 144 valence electrons. The van der Waals surface area contributed by atoms with Gasteiger partial charge in [0, 0.05) is 12.1 Å². The van der Waals surface area contributed by atoms with E-state index in [1.807, 2.05) is 24.3 Å². The molecule has 0 atom stereocenters. The van der Waals surface area contributed by atoms with Crippen molar-refractivity contribution in [1.82, 2.24) is 10.2 Å². The van der Waals surface area contributed by atoms with E-state index in [0.717, 1.165) is 12.3 Å². The minimum absolute atomic E-state index is 0.0523. The number of likely N-dealkylation sites (tertiary alicyclic amines) is 1. The fraction of sp³-hybridized carbons (Fsp3) is 0.435. The lowest BCUT2D eigenvalue weighted by Gasteiger charge is -2.26. The molecule has 1 amide bonds. The number of carbonyl (C=O) groups excluding carboxylic acids is 1. The average molecular weight is 367 g/mol. The molecule has 1 saturated heterocycles. The Morgan fingerprint density at radius 1 is 1.00 bits per heavy atom. The fourth-order valence-corrected chi connectivity index (χ4v) is 3.59. The van der Waals surface area contributed by atoms with Gasteiger partial charge in [0.25, 0.3) is 5.91 Å².